The lowest BCUT2D eigenvalue weighted by molar-refractivity contribution is -0.138. The van der Waals surface area contributed by atoms with Gasteiger partial charge in [0.25, 0.3) is 0 Å². The Labute approximate surface area is 109 Å². The molecule has 18 heavy (non-hydrogen) atoms. The maximum atomic E-state index is 10.8. The van der Waals surface area contributed by atoms with E-state index in [4.69, 9.17) is 9.84 Å². The maximum absolute atomic E-state index is 10.8. The van der Waals surface area contributed by atoms with Crippen LogP contribution in [0.4, 0.5) is 0 Å². The predicted octanol–water partition coefficient (Wildman–Crippen LogP) is 0.504. The third-order valence-electron chi connectivity index (χ3n) is 3.87. The van der Waals surface area contributed by atoms with Crippen LogP contribution >= 0.6 is 0 Å². The highest BCUT2D eigenvalue weighted by Gasteiger charge is 2.26. The molecule has 0 aromatic heterocycles. The number of nitrogens with zero attached hydrogens (tertiary/aromatic N) is 2. The fourth-order valence-corrected chi connectivity index (χ4v) is 3.00. The largest absolute Gasteiger partial charge is 0.481 e. The van der Waals surface area contributed by atoms with Crippen LogP contribution in [0.15, 0.2) is 0 Å². The van der Waals surface area contributed by atoms with Crippen molar-refractivity contribution in [2.75, 3.05) is 46.4 Å². The molecule has 0 aromatic carbocycles. The van der Waals surface area contributed by atoms with Gasteiger partial charge >= 0.3 is 5.97 Å². The molecule has 2 aliphatic heterocycles. The third-order valence-corrected chi connectivity index (χ3v) is 3.87. The molecular formula is C13H24N2O3. The molecule has 5 nitrogen and oxygen atoms in total. The first-order valence-electron chi connectivity index (χ1n) is 6.88. The predicted molar refractivity (Wildman–Crippen MR) is 68.7 cm³/mol. The highest BCUT2D eigenvalue weighted by Crippen LogP contribution is 2.20. The molecule has 0 spiro atoms. The summed E-state index contributed by atoms with van der Waals surface area (Å²) in [6.07, 6.45) is 2.75. The van der Waals surface area contributed by atoms with Gasteiger partial charge in [0.15, 0.2) is 0 Å². The summed E-state index contributed by atoms with van der Waals surface area (Å²) >= 11 is 0. The standard InChI is InChI=1S/C13H24N2O3/c1-14-5-6-18-12(9-14)10-15-4-2-3-11(8-15)7-13(16)17/h11-12H,2-10H2,1H3,(H,16,17). The van der Waals surface area contributed by atoms with Crippen molar-refractivity contribution < 1.29 is 14.6 Å². The Morgan fingerprint density at radius 2 is 2.22 bits per heavy atom. The van der Waals surface area contributed by atoms with Crippen LogP contribution in [-0.2, 0) is 9.53 Å². The van der Waals surface area contributed by atoms with Crippen LogP contribution in [0.3, 0.4) is 0 Å². The second-order valence-corrected chi connectivity index (χ2v) is 5.62. The second kappa shape index (κ2) is 6.50. The lowest BCUT2D eigenvalue weighted by Gasteiger charge is -2.37. The minimum Gasteiger partial charge on any atom is -0.481 e. The Balaban J connectivity index is 1.76. The number of ether oxygens (including phenoxy) is 1. The molecule has 2 aliphatic rings. The average Bonchev–Trinajstić information content (AvgIpc) is 2.28. The van der Waals surface area contributed by atoms with E-state index in [1.54, 1.807) is 0 Å². The number of carboxylic acids is 1. The first kappa shape index (κ1) is 13.8. The summed E-state index contributed by atoms with van der Waals surface area (Å²) in [7, 11) is 2.12. The summed E-state index contributed by atoms with van der Waals surface area (Å²) in [4.78, 5) is 15.4. The van der Waals surface area contributed by atoms with Crippen molar-refractivity contribution in [1.29, 1.82) is 0 Å². The topological polar surface area (TPSA) is 53.0 Å². The molecule has 1 N–H and O–H groups in total. The Morgan fingerprint density at radius 1 is 1.39 bits per heavy atom. The highest BCUT2D eigenvalue weighted by atomic mass is 16.5. The van der Waals surface area contributed by atoms with E-state index in [-0.39, 0.29) is 6.10 Å². The van der Waals surface area contributed by atoms with Gasteiger partial charge in [-0.25, -0.2) is 0 Å². The van der Waals surface area contributed by atoms with E-state index in [9.17, 15) is 4.79 Å². The number of morpholine rings is 1. The summed E-state index contributed by atoms with van der Waals surface area (Å²) in [6, 6.07) is 0. The molecule has 0 amide bonds. The summed E-state index contributed by atoms with van der Waals surface area (Å²) in [5.74, 6) is -0.354. The van der Waals surface area contributed by atoms with E-state index in [2.05, 4.69) is 16.8 Å². The molecule has 5 heteroatoms. The molecule has 2 heterocycles. The number of rotatable bonds is 4. The van der Waals surface area contributed by atoms with Crippen LogP contribution < -0.4 is 0 Å². The van der Waals surface area contributed by atoms with E-state index in [0.29, 0.717) is 12.3 Å². The van der Waals surface area contributed by atoms with Gasteiger partial charge < -0.3 is 19.6 Å². The minimum absolute atomic E-state index is 0.285. The normalized spacial score (nSPS) is 31.4. The maximum Gasteiger partial charge on any atom is 0.303 e. The van der Waals surface area contributed by atoms with Crippen LogP contribution in [0, 0.1) is 5.92 Å². The molecule has 0 radical (unpaired) electrons. The molecule has 0 bridgehead atoms. The van der Waals surface area contributed by atoms with Gasteiger partial charge in [-0.1, -0.05) is 0 Å². The van der Waals surface area contributed by atoms with Crippen LogP contribution in [0.2, 0.25) is 0 Å². The third kappa shape index (κ3) is 4.23. The van der Waals surface area contributed by atoms with Gasteiger partial charge in [-0.05, 0) is 32.4 Å². The van der Waals surface area contributed by atoms with Crippen molar-refractivity contribution in [3.05, 3.63) is 0 Å². The Morgan fingerprint density at radius 3 is 2.94 bits per heavy atom. The van der Waals surface area contributed by atoms with Gasteiger partial charge in [0.1, 0.15) is 0 Å². The molecule has 2 rings (SSSR count). The zero-order chi connectivity index (χ0) is 13.0. The summed E-state index contributed by atoms with van der Waals surface area (Å²) < 4.78 is 5.77. The van der Waals surface area contributed by atoms with Gasteiger partial charge in [0.05, 0.1) is 12.7 Å². The van der Waals surface area contributed by atoms with E-state index in [0.717, 1.165) is 52.2 Å². The SMILES string of the molecule is CN1CCOC(CN2CCCC(CC(=O)O)C2)C1. The summed E-state index contributed by atoms with van der Waals surface area (Å²) in [6.45, 7) is 5.75. The number of carbonyl (C=O) groups is 1. The molecule has 0 saturated carbocycles. The number of likely N-dealkylation sites (tertiary alicyclic amines) is 1. The van der Waals surface area contributed by atoms with Gasteiger partial charge in [0.2, 0.25) is 0 Å². The Kier molecular flexibility index (Phi) is 4.97. The van der Waals surface area contributed by atoms with Crippen molar-refractivity contribution in [3.8, 4) is 0 Å². The van der Waals surface area contributed by atoms with Crippen molar-refractivity contribution in [3.63, 3.8) is 0 Å². The van der Waals surface area contributed by atoms with E-state index < -0.39 is 5.97 Å². The Bertz CT molecular complexity index is 285. The Hall–Kier alpha value is -0.650. The minimum atomic E-state index is -0.671. The molecule has 2 saturated heterocycles. The van der Waals surface area contributed by atoms with Gasteiger partial charge in [-0.3, -0.25) is 4.79 Å². The smallest absolute Gasteiger partial charge is 0.303 e. The monoisotopic (exact) mass is 256 g/mol. The average molecular weight is 256 g/mol. The summed E-state index contributed by atoms with van der Waals surface area (Å²) in [5.41, 5.74) is 0. The second-order valence-electron chi connectivity index (χ2n) is 5.62. The van der Waals surface area contributed by atoms with Gasteiger partial charge in [-0.2, -0.15) is 0 Å². The number of carboxylic acid groups (broad SMARTS) is 1. The number of hydrogen-bond acceptors (Lipinski definition) is 4. The molecule has 2 atom stereocenters. The quantitative estimate of drug-likeness (QED) is 0.794. The molecule has 2 fully saturated rings. The molecular weight excluding hydrogens is 232 g/mol. The highest BCUT2D eigenvalue weighted by molar-refractivity contribution is 5.67. The fraction of sp³-hybridized carbons (Fsp3) is 0.923. The number of aliphatic carboxylic acids is 1. The van der Waals surface area contributed by atoms with Crippen molar-refractivity contribution in [1.82, 2.24) is 9.80 Å². The van der Waals surface area contributed by atoms with Crippen LogP contribution in [0.25, 0.3) is 0 Å². The lowest BCUT2D eigenvalue weighted by Crippen LogP contribution is -2.48. The zero-order valence-electron chi connectivity index (χ0n) is 11.2. The van der Waals surface area contributed by atoms with E-state index in [1.807, 2.05) is 0 Å². The number of likely N-dealkylation sites (N-methyl/N-ethyl adjacent to an activating group) is 1. The zero-order valence-corrected chi connectivity index (χ0v) is 11.2. The first-order chi connectivity index (χ1) is 8.63. The first-order valence-corrected chi connectivity index (χ1v) is 6.88. The number of hydrogen-bond donors (Lipinski definition) is 1. The van der Waals surface area contributed by atoms with E-state index >= 15 is 0 Å². The fourth-order valence-electron chi connectivity index (χ4n) is 3.00. The van der Waals surface area contributed by atoms with Crippen molar-refractivity contribution >= 4 is 5.97 Å². The molecule has 104 valence electrons. The molecule has 0 aromatic rings. The van der Waals surface area contributed by atoms with E-state index in [1.165, 1.54) is 0 Å². The summed E-state index contributed by atoms with van der Waals surface area (Å²) in [5, 5.41) is 8.86. The number of piperidine rings is 1. The molecule has 0 aliphatic carbocycles. The van der Waals surface area contributed by atoms with Crippen molar-refractivity contribution in [2.45, 2.75) is 25.4 Å². The van der Waals surface area contributed by atoms with Gasteiger partial charge in [-0.15, -0.1) is 0 Å². The van der Waals surface area contributed by atoms with Crippen molar-refractivity contribution in [2.24, 2.45) is 5.92 Å². The molecule has 2 unspecified atom stereocenters. The lowest BCUT2D eigenvalue weighted by atomic mass is 9.94. The van der Waals surface area contributed by atoms with Gasteiger partial charge in [0, 0.05) is 32.6 Å². The van der Waals surface area contributed by atoms with Crippen LogP contribution in [0.5, 0.6) is 0 Å². The van der Waals surface area contributed by atoms with Crippen LogP contribution in [0.1, 0.15) is 19.3 Å². The van der Waals surface area contributed by atoms with Crippen LogP contribution in [-0.4, -0.2) is 73.4 Å².